The third-order valence-corrected chi connectivity index (χ3v) is 2.05. The molecule has 1 aromatic carbocycles. The average Bonchev–Trinajstić information content (AvgIpc) is 2.03. The summed E-state index contributed by atoms with van der Waals surface area (Å²) in [6.07, 6.45) is 2.07. The Morgan fingerprint density at radius 1 is 1.31 bits per heavy atom. The quantitative estimate of drug-likeness (QED) is 0.737. The molecule has 1 nitrogen and oxygen atoms in total. The lowest BCUT2D eigenvalue weighted by atomic mass is 10.1. The third kappa shape index (κ3) is 5.14. The first-order valence-electron chi connectivity index (χ1n) is 4.18. The second-order valence-electron chi connectivity index (χ2n) is 3.14. The highest BCUT2D eigenvalue weighted by Crippen LogP contribution is 2.11. The van der Waals surface area contributed by atoms with Gasteiger partial charge in [0.1, 0.15) is 0 Å². The lowest BCUT2D eigenvalue weighted by Crippen LogP contribution is -3.00. The van der Waals surface area contributed by atoms with E-state index in [0.717, 1.165) is 17.9 Å². The summed E-state index contributed by atoms with van der Waals surface area (Å²) in [4.78, 5) is 0. The zero-order valence-corrected chi connectivity index (χ0v) is 9.15. The van der Waals surface area contributed by atoms with E-state index in [2.05, 4.69) is 0 Å². The van der Waals surface area contributed by atoms with Crippen molar-refractivity contribution in [2.75, 3.05) is 0 Å². The first-order valence-corrected chi connectivity index (χ1v) is 4.56. The van der Waals surface area contributed by atoms with Crippen LogP contribution in [-0.2, 0) is 6.42 Å². The molecular formula is C10H14Cl2N-. The minimum Gasteiger partial charge on any atom is -1.00 e. The molecule has 0 radical (unpaired) electrons. The van der Waals surface area contributed by atoms with Crippen molar-refractivity contribution in [3.63, 3.8) is 0 Å². The van der Waals surface area contributed by atoms with E-state index in [9.17, 15) is 0 Å². The van der Waals surface area contributed by atoms with Crippen LogP contribution in [0.2, 0.25) is 5.02 Å². The fourth-order valence-corrected chi connectivity index (χ4v) is 1.17. The van der Waals surface area contributed by atoms with Crippen molar-refractivity contribution in [2.24, 2.45) is 5.73 Å². The molecule has 1 atom stereocenters. The second kappa shape index (κ2) is 6.25. The smallest absolute Gasteiger partial charge is 0.0406 e. The van der Waals surface area contributed by atoms with Crippen LogP contribution in [0.15, 0.2) is 24.3 Å². The largest absolute Gasteiger partial charge is 1.00 e. The van der Waals surface area contributed by atoms with Crippen LogP contribution in [-0.4, -0.2) is 6.04 Å². The van der Waals surface area contributed by atoms with Gasteiger partial charge in [-0.3, -0.25) is 0 Å². The van der Waals surface area contributed by atoms with Crippen molar-refractivity contribution < 1.29 is 12.4 Å². The van der Waals surface area contributed by atoms with E-state index in [4.69, 9.17) is 17.3 Å². The molecule has 0 bridgehead atoms. The van der Waals surface area contributed by atoms with Gasteiger partial charge in [0.25, 0.3) is 0 Å². The van der Waals surface area contributed by atoms with Gasteiger partial charge in [0.2, 0.25) is 0 Å². The Morgan fingerprint density at radius 2 is 1.85 bits per heavy atom. The van der Waals surface area contributed by atoms with Gasteiger partial charge in [-0.25, -0.2) is 0 Å². The van der Waals surface area contributed by atoms with Crippen LogP contribution in [0.25, 0.3) is 0 Å². The van der Waals surface area contributed by atoms with Crippen molar-refractivity contribution >= 4 is 11.6 Å². The minimum absolute atomic E-state index is 0. The maximum Gasteiger partial charge on any atom is 0.0406 e. The van der Waals surface area contributed by atoms with Gasteiger partial charge in [-0.15, -0.1) is 0 Å². The summed E-state index contributed by atoms with van der Waals surface area (Å²) in [7, 11) is 0. The molecular weight excluding hydrogens is 205 g/mol. The van der Waals surface area contributed by atoms with Crippen LogP contribution in [0.1, 0.15) is 18.9 Å². The minimum atomic E-state index is 0. The van der Waals surface area contributed by atoms with Gasteiger partial charge >= 0.3 is 0 Å². The monoisotopic (exact) mass is 218 g/mol. The third-order valence-electron chi connectivity index (χ3n) is 1.80. The average molecular weight is 219 g/mol. The molecule has 1 unspecified atom stereocenters. The Labute approximate surface area is 90.7 Å². The highest BCUT2D eigenvalue weighted by atomic mass is 35.5. The molecule has 0 amide bonds. The van der Waals surface area contributed by atoms with Crippen molar-refractivity contribution in [3.05, 3.63) is 34.9 Å². The normalized spacial score (nSPS) is 11.9. The van der Waals surface area contributed by atoms with Crippen LogP contribution in [0, 0.1) is 0 Å². The van der Waals surface area contributed by atoms with E-state index in [1.54, 1.807) is 0 Å². The molecule has 0 heterocycles. The van der Waals surface area contributed by atoms with Crippen molar-refractivity contribution in [2.45, 2.75) is 25.8 Å². The summed E-state index contributed by atoms with van der Waals surface area (Å²) in [5.41, 5.74) is 6.95. The molecule has 0 fully saturated rings. The Bertz CT molecular complexity index is 231. The molecule has 1 aromatic rings. The molecule has 3 heteroatoms. The number of rotatable bonds is 3. The highest BCUT2D eigenvalue weighted by Gasteiger charge is 1.96. The topological polar surface area (TPSA) is 26.0 Å². The Balaban J connectivity index is 0.00000144. The first kappa shape index (κ1) is 12.8. The van der Waals surface area contributed by atoms with Gasteiger partial charge in [-0.2, -0.15) is 0 Å². The Kier molecular flexibility index (Phi) is 6.13. The molecule has 0 saturated heterocycles. The summed E-state index contributed by atoms with van der Waals surface area (Å²) < 4.78 is 0. The zero-order valence-electron chi connectivity index (χ0n) is 7.63. The molecule has 0 saturated carbocycles. The molecule has 74 valence electrons. The summed E-state index contributed by atoms with van der Waals surface area (Å²) >= 11 is 5.75. The number of nitrogens with two attached hydrogens (primary N) is 1. The van der Waals surface area contributed by atoms with E-state index < -0.39 is 0 Å². The molecule has 13 heavy (non-hydrogen) atoms. The van der Waals surface area contributed by atoms with Crippen molar-refractivity contribution in [3.8, 4) is 0 Å². The molecule has 2 N–H and O–H groups in total. The number of hydrogen-bond donors (Lipinski definition) is 1. The molecule has 0 aromatic heterocycles. The van der Waals surface area contributed by atoms with Gasteiger partial charge in [0.05, 0.1) is 0 Å². The summed E-state index contributed by atoms with van der Waals surface area (Å²) in [6, 6.07) is 8.20. The summed E-state index contributed by atoms with van der Waals surface area (Å²) in [5.74, 6) is 0. The van der Waals surface area contributed by atoms with Crippen LogP contribution in [0.5, 0.6) is 0 Å². The predicted octanol–water partition coefficient (Wildman–Crippen LogP) is -0.376. The molecule has 0 spiro atoms. The Hall–Kier alpha value is -0.240. The number of hydrogen-bond acceptors (Lipinski definition) is 1. The van der Waals surface area contributed by atoms with Crippen molar-refractivity contribution in [1.82, 2.24) is 0 Å². The SMILES string of the molecule is CC(N)CCc1ccc(Cl)cc1.[Cl-]. The number of aryl methyl sites for hydroxylation is 1. The summed E-state index contributed by atoms with van der Waals surface area (Å²) in [6.45, 7) is 2.02. The fourth-order valence-electron chi connectivity index (χ4n) is 1.05. The maximum absolute atomic E-state index is 5.75. The van der Waals surface area contributed by atoms with Crippen LogP contribution < -0.4 is 18.1 Å². The first-order chi connectivity index (χ1) is 5.68. The summed E-state index contributed by atoms with van der Waals surface area (Å²) in [5, 5.41) is 0.791. The molecule has 0 aliphatic heterocycles. The van der Waals surface area contributed by atoms with Gasteiger partial charge in [0.15, 0.2) is 0 Å². The van der Waals surface area contributed by atoms with Crippen LogP contribution in [0.4, 0.5) is 0 Å². The van der Waals surface area contributed by atoms with E-state index in [1.165, 1.54) is 5.56 Å². The van der Waals surface area contributed by atoms with E-state index in [0.29, 0.717) is 0 Å². The lowest BCUT2D eigenvalue weighted by molar-refractivity contribution is -0.00000265. The van der Waals surface area contributed by atoms with E-state index >= 15 is 0 Å². The van der Waals surface area contributed by atoms with Crippen molar-refractivity contribution in [1.29, 1.82) is 0 Å². The second-order valence-corrected chi connectivity index (χ2v) is 3.58. The van der Waals surface area contributed by atoms with Crippen LogP contribution >= 0.6 is 11.6 Å². The zero-order chi connectivity index (χ0) is 8.97. The van der Waals surface area contributed by atoms with Gasteiger partial charge in [-0.05, 0) is 37.5 Å². The fraction of sp³-hybridized carbons (Fsp3) is 0.400. The highest BCUT2D eigenvalue weighted by molar-refractivity contribution is 6.30. The predicted molar refractivity (Wildman–Crippen MR) is 53.4 cm³/mol. The molecule has 0 aliphatic carbocycles. The standard InChI is InChI=1S/C10H14ClN.ClH/c1-8(12)2-3-9-4-6-10(11)7-5-9;/h4-8H,2-3,12H2,1H3;1H/p-1. The number of benzene rings is 1. The van der Waals surface area contributed by atoms with Gasteiger partial charge < -0.3 is 18.1 Å². The van der Waals surface area contributed by atoms with Gasteiger partial charge in [0, 0.05) is 11.1 Å². The number of halogens is 2. The van der Waals surface area contributed by atoms with E-state index in [-0.39, 0.29) is 18.4 Å². The lowest BCUT2D eigenvalue weighted by Gasteiger charge is -2.04. The van der Waals surface area contributed by atoms with Gasteiger partial charge in [-0.1, -0.05) is 23.7 Å². The maximum atomic E-state index is 5.75. The van der Waals surface area contributed by atoms with E-state index in [1.807, 2.05) is 31.2 Å². The Morgan fingerprint density at radius 3 is 2.31 bits per heavy atom. The van der Waals surface area contributed by atoms with Crippen LogP contribution in [0.3, 0.4) is 0 Å². The molecule has 0 aliphatic rings. The molecule has 1 rings (SSSR count).